The Morgan fingerprint density at radius 2 is 2.07 bits per heavy atom. The van der Waals surface area contributed by atoms with Crippen molar-refractivity contribution in [3.63, 3.8) is 0 Å². The van der Waals surface area contributed by atoms with Gasteiger partial charge >= 0.3 is 0 Å². The summed E-state index contributed by atoms with van der Waals surface area (Å²) >= 11 is 6.27. The Hall–Kier alpha value is -1.76. The van der Waals surface area contributed by atoms with Gasteiger partial charge in [-0.2, -0.15) is 0 Å². The molecule has 4 rings (SSSR count). The van der Waals surface area contributed by atoms with Crippen LogP contribution in [0.1, 0.15) is 39.2 Å². The molecule has 1 N–H and O–H groups in total. The Morgan fingerprint density at radius 1 is 1.31 bits per heavy atom. The van der Waals surface area contributed by atoms with Gasteiger partial charge in [-0.15, -0.1) is 0 Å². The molecule has 154 valence electrons. The van der Waals surface area contributed by atoms with Crippen LogP contribution in [0.5, 0.6) is 0 Å². The fourth-order valence-corrected chi connectivity index (χ4v) is 4.83. The maximum atomic E-state index is 15.1. The Kier molecular flexibility index (Phi) is 5.53. The van der Waals surface area contributed by atoms with E-state index >= 15 is 4.39 Å². The molecular formula is C22H25ClFN3OS. The van der Waals surface area contributed by atoms with E-state index in [0.717, 1.165) is 35.9 Å². The van der Waals surface area contributed by atoms with Crippen LogP contribution in [0.4, 0.5) is 4.39 Å². The zero-order valence-electron chi connectivity index (χ0n) is 16.8. The van der Waals surface area contributed by atoms with Crippen molar-refractivity contribution >= 4 is 33.5 Å². The third-order valence-electron chi connectivity index (χ3n) is 4.99. The molecule has 4 nitrogen and oxygen atoms in total. The van der Waals surface area contributed by atoms with Crippen LogP contribution in [0.15, 0.2) is 36.8 Å². The van der Waals surface area contributed by atoms with Gasteiger partial charge in [-0.05, 0) is 42.0 Å². The second-order valence-electron chi connectivity index (χ2n) is 8.87. The molecule has 0 bridgehead atoms. The van der Waals surface area contributed by atoms with E-state index < -0.39 is 11.0 Å². The molecule has 2 aromatic heterocycles. The standard InChI is InChI=1S/C22H25ClFN3OS/c1-22(2,3)13-27-12-14(10-26-29(28)15-4-5-15)17-8-20(24)18(9-21(17)27)16-6-7-25-11-19(16)23/h6-9,11-12,15,26H,4-5,10,13H2,1-3H3. The van der Waals surface area contributed by atoms with E-state index in [1.54, 1.807) is 18.3 Å². The highest BCUT2D eigenvalue weighted by atomic mass is 35.5. The molecule has 2 heterocycles. The normalized spacial score (nSPS) is 15.8. The number of pyridine rings is 1. The average molecular weight is 434 g/mol. The zero-order chi connectivity index (χ0) is 20.8. The van der Waals surface area contributed by atoms with Crippen LogP contribution in [0.2, 0.25) is 5.02 Å². The third-order valence-corrected chi connectivity index (χ3v) is 6.80. The van der Waals surface area contributed by atoms with E-state index in [-0.39, 0.29) is 16.5 Å². The molecule has 29 heavy (non-hydrogen) atoms. The minimum atomic E-state index is -1.03. The van der Waals surface area contributed by atoms with Gasteiger partial charge in [0, 0.05) is 59.0 Å². The molecule has 1 unspecified atom stereocenters. The van der Waals surface area contributed by atoms with Crippen LogP contribution in [-0.4, -0.2) is 19.0 Å². The summed E-state index contributed by atoms with van der Waals surface area (Å²) in [5.41, 5.74) is 3.03. The number of halogens is 2. The van der Waals surface area contributed by atoms with Crippen LogP contribution >= 0.6 is 11.6 Å². The van der Waals surface area contributed by atoms with Gasteiger partial charge in [-0.25, -0.2) is 13.3 Å². The van der Waals surface area contributed by atoms with Crippen LogP contribution in [0.3, 0.4) is 0 Å². The van der Waals surface area contributed by atoms with Crippen molar-refractivity contribution in [1.29, 1.82) is 0 Å². The van der Waals surface area contributed by atoms with E-state index in [0.29, 0.717) is 22.7 Å². The van der Waals surface area contributed by atoms with Crippen LogP contribution < -0.4 is 4.72 Å². The van der Waals surface area contributed by atoms with E-state index in [2.05, 4.69) is 35.0 Å². The molecule has 0 saturated heterocycles. The Labute approximate surface area is 178 Å². The van der Waals surface area contributed by atoms with Gasteiger partial charge in [0.15, 0.2) is 0 Å². The quantitative estimate of drug-likeness (QED) is 0.561. The number of nitrogens with zero attached hydrogens (tertiary/aromatic N) is 2. The summed E-state index contributed by atoms with van der Waals surface area (Å²) < 4.78 is 32.5. The number of fused-ring (bicyclic) bond motifs is 1. The van der Waals surface area contributed by atoms with Crippen LogP contribution in [-0.2, 0) is 24.1 Å². The monoisotopic (exact) mass is 433 g/mol. The van der Waals surface area contributed by atoms with Crippen molar-refractivity contribution in [2.24, 2.45) is 5.41 Å². The molecule has 3 aromatic rings. The fraction of sp³-hybridized carbons (Fsp3) is 0.409. The fourth-order valence-electron chi connectivity index (χ4n) is 3.52. The summed E-state index contributed by atoms with van der Waals surface area (Å²) in [6, 6.07) is 5.15. The smallest absolute Gasteiger partial charge is 0.131 e. The van der Waals surface area contributed by atoms with Crippen molar-refractivity contribution in [2.45, 2.75) is 52.0 Å². The molecule has 1 atom stereocenters. The summed E-state index contributed by atoms with van der Waals surface area (Å²) in [6.07, 6.45) is 7.20. The predicted molar refractivity (Wildman–Crippen MR) is 118 cm³/mol. The maximum absolute atomic E-state index is 15.1. The van der Waals surface area contributed by atoms with Crippen molar-refractivity contribution in [1.82, 2.24) is 14.3 Å². The number of benzene rings is 1. The summed E-state index contributed by atoms with van der Waals surface area (Å²) in [5.74, 6) is -0.330. The molecule has 1 saturated carbocycles. The predicted octanol–water partition coefficient (Wildman–Crippen LogP) is 5.46. The SMILES string of the molecule is CC(C)(C)Cn1cc(CNS(=O)C2CC2)c2cc(F)c(-c3ccncc3Cl)cc21. The van der Waals surface area contributed by atoms with Crippen molar-refractivity contribution in [2.75, 3.05) is 0 Å². The zero-order valence-corrected chi connectivity index (χ0v) is 18.4. The highest BCUT2D eigenvalue weighted by molar-refractivity contribution is 7.83. The van der Waals surface area contributed by atoms with Crippen molar-refractivity contribution < 1.29 is 8.60 Å². The van der Waals surface area contributed by atoms with Gasteiger partial charge in [0.25, 0.3) is 0 Å². The third kappa shape index (κ3) is 4.55. The van der Waals surface area contributed by atoms with Crippen molar-refractivity contribution in [3.05, 3.63) is 53.2 Å². The summed E-state index contributed by atoms with van der Waals surface area (Å²) in [5, 5.41) is 1.51. The van der Waals surface area contributed by atoms with E-state index in [1.165, 1.54) is 6.20 Å². The van der Waals surface area contributed by atoms with Gasteiger partial charge in [-0.1, -0.05) is 32.4 Å². The maximum Gasteiger partial charge on any atom is 0.131 e. The second kappa shape index (κ2) is 7.82. The lowest BCUT2D eigenvalue weighted by Gasteiger charge is -2.20. The summed E-state index contributed by atoms with van der Waals surface area (Å²) in [6.45, 7) is 7.74. The molecule has 0 amide bonds. The largest absolute Gasteiger partial charge is 0.347 e. The molecule has 1 aliphatic rings. The minimum absolute atomic E-state index is 0.0519. The number of nitrogens with one attached hydrogen (secondary N) is 1. The van der Waals surface area contributed by atoms with Gasteiger partial charge in [-0.3, -0.25) is 4.98 Å². The molecule has 0 spiro atoms. The number of hydrogen-bond acceptors (Lipinski definition) is 2. The molecule has 0 radical (unpaired) electrons. The Bertz CT molecular complexity index is 1090. The lowest BCUT2D eigenvalue weighted by Crippen LogP contribution is -2.19. The average Bonchev–Trinajstić information content (AvgIpc) is 3.44. The Morgan fingerprint density at radius 3 is 2.72 bits per heavy atom. The number of hydrogen-bond donors (Lipinski definition) is 1. The molecule has 1 aliphatic carbocycles. The van der Waals surface area contributed by atoms with Crippen molar-refractivity contribution in [3.8, 4) is 11.1 Å². The number of aromatic nitrogens is 2. The molecule has 1 fully saturated rings. The number of rotatable bonds is 6. The summed E-state index contributed by atoms with van der Waals surface area (Å²) in [7, 11) is -1.03. The molecular weight excluding hydrogens is 409 g/mol. The van der Waals surface area contributed by atoms with Gasteiger partial charge in [0.05, 0.1) is 16.0 Å². The highest BCUT2D eigenvalue weighted by Gasteiger charge is 2.28. The van der Waals surface area contributed by atoms with E-state index in [1.807, 2.05) is 12.3 Å². The minimum Gasteiger partial charge on any atom is -0.347 e. The highest BCUT2D eigenvalue weighted by Crippen LogP contribution is 2.35. The van der Waals surface area contributed by atoms with Crippen LogP contribution in [0, 0.1) is 11.2 Å². The first kappa shape index (κ1) is 20.5. The van der Waals surface area contributed by atoms with Gasteiger partial charge in [0.1, 0.15) is 5.82 Å². The summed E-state index contributed by atoms with van der Waals surface area (Å²) in [4.78, 5) is 4.00. The van der Waals surface area contributed by atoms with Gasteiger partial charge in [0.2, 0.25) is 0 Å². The van der Waals surface area contributed by atoms with E-state index in [9.17, 15) is 4.21 Å². The van der Waals surface area contributed by atoms with Crippen LogP contribution in [0.25, 0.3) is 22.0 Å². The molecule has 7 heteroatoms. The lowest BCUT2D eigenvalue weighted by atomic mass is 9.96. The van der Waals surface area contributed by atoms with Gasteiger partial charge < -0.3 is 4.57 Å². The second-order valence-corrected chi connectivity index (χ2v) is 10.8. The topological polar surface area (TPSA) is 46.9 Å². The molecule has 0 aliphatic heterocycles. The first-order chi connectivity index (χ1) is 13.7. The first-order valence-electron chi connectivity index (χ1n) is 9.78. The lowest BCUT2D eigenvalue weighted by molar-refractivity contribution is 0.349. The molecule has 1 aromatic carbocycles. The Balaban J connectivity index is 1.79. The first-order valence-corrected chi connectivity index (χ1v) is 11.4. The van der Waals surface area contributed by atoms with E-state index in [4.69, 9.17) is 11.6 Å².